The van der Waals surface area contributed by atoms with Crippen LogP contribution in [0.25, 0.3) is 5.69 Å². The Hall–Kier alpha value is -1.63. The first-order chi connectivity index (χ1) is 8.63. The molecule has 0 saturated carbocycles. The second-order valence-electron chi connectivity index (χ2n) is 3.95. The standard InChI is InChI=1S/C11H10BrFN4O/c1-5-15-16-8-4-14-9-7(13)3-6(12)11(18-2)10(9)17(5)8/h3,14H,4H2,1-2H3. The molecule has 18 heavy (non-hydrogen) atoms. The van der Waals surface area contributed by atoms with E-state index in [-0.39, 0.29) is 5.82 Å². The predicted molar refractivity (Wildman–Crippen MR) is 67.6 cm³/mol. The van der Waals surface area contributed by atoms with Gasteiger partial charge < -0.3 is 10.1 Å². The molecule has 0 radical (unpaired) electrons. The van der Waals surface area contributed by atoms with Crippen molar-refractivity contribution in [2.45, 2.75) is 13.5 Å². The fraction of sp³-hybridized carbons (Fsp3) is 0.273. The summed E-state index contributed by atoms with van der Waals surface area (Å²) in [4.78, 5) is 0. The molecule has 1 N–H and O–H groups in total. The van der Waals surface area contributed by atoms with Crippen LogP contribution in [0.4, 0.5) is 10.1 Å². The van der Waals surface area contributed by atoms with Crippen molar-refractivity contribution in [3.05, 3.63) is 28.0 Å². The average Bonchev–Trinajstić information content (AvgIpc) is 2.71. The van der Waals surface area contributed by atoms with Crippen molar-refractivity contribution in [3.8, 4) is 11.4 Å². The molecule has 1 aromatic carbocycles. The zero-order valence-corrected chi connectivity index (χ0v) is 11.4. The number of fused-ring (bicyclic) bond motifs is 3. The summed E-state index contributed by atoms with van der Waals surface area (Å²) in [7, 11) is 1.55. The number of hydrogen-bond acceptors (Lipinski definition) is 4. The number of nitrogens with zero attached hydrogens (tertiary/aromatic N) is 3. The second-order valence-corrected chi connectivity index (χ2v) is 4.80. The van der Waals surface area contributed by atoms with E-state index in [0.717, 1.165) is 5.82 Å². The van der Waals surface area contributed by atoms with Gasteiger partial charge in [0.15, 0.2) is 11.6 Å². The lowest BCUT2D eigenvalue weighted by atomic mass is 10.2. The van der Waals surface area contributed by atoms with E-state index in [2.05, 4.69) is 31.4 Å². The van der Waals surface area contributed by atoms with Crippen LogP contribution in [-0.4, -0.2) is 21.9 Å². The molecule has 0 atom stereocenters. The van der Waals surface area contributed by atoms with E-state index < -0.39 is 0 Å². The normalized spacial score (nSPS) is 12.7. The third kappa shape index (κ3) is 1.43. The zero-order valence-electron chi connectivity index (χ0n) is 9.79. The molecule has 1 aromatic heterocycles. The smallest absolute Gasteiger partial charge is 0.159 e. The quantitative estimate of drug-likeness (QED) is 0.878. The topological polar surface area (TPSA) is 52.0 Å². The fourth-order valence-corrected chi connectivity index (χ4v) is 2.69. The molecule has 2 heterocycles. The first-order valence-electron chi connectivity index (χ1n) is 5.34. The summed E-state index contributed by atoms with van der Waals surface area (Å²) in [6.07, 6.45) is 0. The molecule has 0 aliphatic carbocycles. The minimum Gasteiger partial charge on any atom is -0.493 e. The van der Waals surface area contributed by atoms with Gasteiger partial charge in [-0.25, -0.2) is 4.39 Å². The Kier molecular flexibility index (Phi) is 2.51. The van der Waals surface area contributed by atoms with Crippen LogP contribution < -0.4 is 10.1 Å². The number of hydrogen-bond donors (Lipinski definition) is 1. The molecule has 0 bridgehead atoms. The average molecular weight is 313 g/mol. The molecule has 5 nitrogen and oxygen atoms in total. The zero-order chi connectivity index (χ0) is 12.9. The lowest BCUT2D eigenvalue weighted by molar-refractivity contribution is 0.408. The number of nitrogens with one attached hydrogen (secondary N) is 1. The van der Waals surface area contributed by atoms with Crippen LogP contribution >= 0.6 is 15.9 Å². The maximum atomic E-state index is 14.0. The van der Waals surface area contributed by atoms with Crippen molar-refractivity contribution in [3.63, 3.8) is 0 Å². The molecular formula is C11H10BrFN4O. The van der Waals surface area contributed by atoms with Crippen LogP contribution in [0.3, 0.4) is 0 Å². The van der Waals surface area contributed by atoms with Crippen LogP contribution in [-0.2, 0) is 6.54 Å². The molecule has 7 heteroatoms. The van der Waals surface area contributed by atoms with Crippen molar-refractivity contribution in [1.82, 2.24) is 14.8 Å². The summed E-state index contributed by atoms with van der Waals surface area (Å²) < 4.78 is 21.7. The van der Waals surface area contributed by atoms with Gasteiger partial charge in [-0.15, -0.1) is 10.2 Å². The Labute approximate surface area is 111 Å². The van der Waals surface area contributed by atoms with Crippen molar-refractivity contribution < 1.29 is 9.13 Å². The SMILES string of the molecule is COc1c(Br)cc(F)c2c1-n1c(C)nnc1CN2. The highest BCUT2D eigenvalue weighted by atomic mass is 79.9. The molecule has 2 aromatic rings. The first kappa shape index (κ1) is 11.5. The highest BCUT2D eigenvalue weighted by Gasteiger charge is 2.27. The summed E-state index contributed by atoms with van der Waals surface area (Å²) in [5, 5.41) is 11.1. The number of anilines is 1. The van der Waals surface area contributed by atoms with Crippen LogP contribution in [0.15, 0.2) is 10.5 Å². The highest BCUT2D eigenvalue weighted by Crippen LogP contribution is 2.42. The minimum absolute atomic E-state index is 0.337. The Balaban J connectivity index is 2.40. The maximum Gasteiger partial charge on any atom is 0.159 e. The molecule has 0 saturated heterocycles. The maximum absolute atomic E-state index is 14.0. The number of aryl methyl sites for hydroxylation is 1. The van der Waals surface area contributed by atoms with Gasteiger partial charge in [-0.3, -0.25) is 4.57 Å². The molecular weight excluding hydrogens is 303 g/mol. The van der Waals surface area contributed by atoms with Gasteiger partial charge in [0.05, 0.1) is 23.8 Å². The van der Waals surface area contributed by atoms with Crippen LogP contribution in [0.5, 0.6) is 5.75 Å². The van der Waals surface area contributed by atoms with Gasteiger partial charge in [0, 0.05) is 0 Å². The van der Waals surface area contributed by atoms with Gasteiger partial charge in [-0.1, -0.05) is 0 Å². The molecule has 0 fully saturated rings. The van der Waals surface area contributed by atoms with Crippen molar-refractivity contribution in [2.75, 3.05) is 12.4 Å². The van der Waals surface area contributed by atoms with Gasteiger partial charge in [-0.2, -0.15) is 0 Å². The van der Waals surface area contributed by atoms with E-state index in [1.807, 2.05) is 6.92 Å². The Morgan fingerprint density at radius 2 is 2.28 bits per heavy atom. The van der Waals surface area contributed by atoms with Crippen LogP contribution in [0.1, 0.15) is 11.6 Å². The van der Waals surface area contributed by atoms with Gasteiger partial charge in [0.25, 0.3) is 0 Å². The van der Waals surface area contributed by atoms with Crippen LogP contribution in [0, 0.1) is 12.7 Å². The largest absolute Gasteiger partial charge is 0.493 e. The molecule has 1 aliphatic rings. The lowest BCUT2D eigenvalue weighted by Gasteiger charge is -2.23. The number of aromatic nitrogens is 3. The van der Waals surface area contributed by atoms with Crippen LogP contribution in [0.2, 0.25) is 0 Å². The summed E-state index contributed by atoms with van der Waals surface area (Å²) in [6.45, 7) is 2.26. The van der Waals surface area contributed by atoms with Gasteiger partial charge >= 0.3 is 0 Å². The minimum atomic E-state index is -0.337. The number of ether oxygens (including phenoxy) is 1. The van der Waals surface area contributed by atoms with Crippen molar-refractivity contribution >= 4 is 21.6 Å². The molecule has 1 aliphatic heterocycles. The Morgan fingerprint density at radius 1 is 1.50 bits per heavy atom. The summed E-state index contributed by atoms with van der Waals surface area (Å²) >= 11 is 3.30. The summed E-state index contributed by atoms with van der Waals surface area (Å²) in [5.74, 6) is 1.65. The van der Waals surface area contributed by atoms with Crippen molar-refractivity contribution in [1.29, 1.82) is 0 Å². The van der Waals surface area contributed by atoms with E-state index >= 15 is 0 Å². The van der Waals surface area contributed by atoms with E-state index in [9.17, 15) is 4.39 Å². The Morgan fingerprint density at radius 3 is 3.00 bits per heavy atom. The second kappa shape index (κ2) is 3.94. The Bertz CT molecular complexity index is 620. The molecule has 0 amide bonds. The summed E-state index contributed by atoms with van der Waals surface area (Å²) in [6, 6.07) is 1.38. The number of methoxy groups -OCH3 is 1. The molecule has 0 unspecified atom stereocenters. The molecule has 94 valence electrons. The number of rotatable bonds is 1. The lowest BCUT2D eigenvalue weighted by Crippen LogP contribution is -2.18. The third-order valence-electron chi connectivity index (χ3n) is 2.90. The monoisotopic (exact) mass is 312 g/mol. The third-order valence-corrected chi connectivity index (χ3v) is 3.49. The molecule has 3 rings (SSSR count). The summed E-state index contributed by atoms with van der Waals surface area (Å²) in [5.41, 5.74) is 1.01. The van der Waals surface area contributed by atoms with Gasteiger partial charge in [0.2, 0.25) is 0 Å². The van der Waals surface area contributed by atoms with Gasteiger partial charge in [-0.05, 0) is 28.9 Å². The number of benzene rings is 1. The van der Waals surface area contributed by atoms with Gasteiger partial charge in [0.1, 0.15) is 17.3 Å². The van der Waals surface area contributed by atoms with E-state index in [1.54, 1.807) is 11.7 Å². The highest BCUT2D eigenvalue weighted by molar-refractivity contribution is 9.10. The van der Waals surface area contributed by atoms with E-state index in [1.165, 1.54) is 6.07 Å². The first-order valence-corrected chi connectivity index (χ1v) is 6.14. The predicted octanol–water partition coefficient (Wildman–Crippen LogP) is 2.41. The van der Waals surface area contributed by atoms with Crippen molar-refractivity contribution in [2.24, 2.45) is 0 Å². The van der Waals surface area contributed by atoms with E-state index in [0.29, 0.717) is 34.0 Å². The van der Waals surface area contributed by atoms with E-state index in [4.69, 9.17) is 4.74 Å². The number of halogens is 2. The fourth-order valence-electron chi connectivity index (χ4n) is 2.14. The molecule has 0 spiro atoms.